The maximum absolute atomic E-state index is 14.1. The summed E-state index contributed by atoms with van der Waals surface area (Å²) in [5, 5.41) is 13.1. The molecule has 0 spiro atoms. The lowest BCUT2D eigenvalue weighted by molar-refractivity contribution is 0.371. The Morgan fingerprint density at radius 2 is 1.83 bits per heavy atom. The molecule has 0 fully saturated rings. The minimum atomic E-state index is -4.16. The number of phenols is 1. The van der Waals surface area contributed by atoms with Crippen LogP contribution in [0.2, 0.25) is 0 Å². The van der Waals surface area contributed by atoms with E-state index >= 15 is 0 Å². The number of hydrogen-bond donors (Lipinski definition) is 3. The highest BCUT2D eigenvalue weighted by Gasteiger charge is 2.23. The molecule has 3 aromatic heterocycles. The first-order valence-electron chi connectivity index (χ1n) is 12.1. The first-order valence-corrected chi connectivity index (χ1v) is 14.4. The number of para-hydroxylation sites is 1. The first-order chi connectivity index (χ1) is 19.7. The van der Waals surface area contributed by atoms with Crippen LogP contribution in [0.5, 0.6) is 11.5 Å². The number of nitrogens with zero attached hydrogens (tertiary/aromatic N) is 3. The minimum Gasteiger partial charge on any atom is -0.504 e. The van der Waals surface area contributed by atoms with Gasteiger partial charge >= 0.3 is 0 Å². The van der Waals surface area contributed by atoms with Gasteiger partial charge in [-0.15, -0.1) is 0 Å². The molecule has 0 atom stereocenters. The maximum Gasteiger partial charge on any atom is 0.281 e. The Bertz CT molecular complexity index is 1830. The summed E-state index contributed by atoms with van der Waals surface area (Å²) in [7, 11) is -2.70. The summed E-state index contributed by atoms with van der Waals surface area (Å²) < 4.78 is 61.5. The molecule has 3 N–H and O–H groups in total. The van der Waals surface area contributed by atoms with Gasteiger partial charge in [0.2, 0.25) is 0 Å². The van der Waals surface area contributed by atoms with Gasteiger partial charge in [-0.3, -0.25) is 9.71 Å². The zero-order valence-corrected chi connectivity index (χ0v) is 23.4. The number of aryl methyl sites for hydroxylation is 1. The molecule has 0 bridgehead atoms. The van der Waals surface area contributed by atoms with Crippen LogP contribution >= 0.6 is 11.3 Å². The molecule has 5 aromatic rings. The van der Waals surface area contributed by atoms with Crippen molar-refractivity contribution in [2.24, 2.45) is 0 Å². The summed E-state index contributed by atoms with van der Waals surface area (Å²) in [4.78, 5) is 13.4. The second-order valence-electron chi connectivity index (χ2n) is 8.81. The lowest BCUT2D eigenvalue weighted by atomic mass is 10.1. The molecule has 2 aromatic carbocycles. The van der Waals surface area contributed by atoms with Crippen LogP contribution in [0.3, 0.4) is 0 Å². The van der Waals surface area contributed by atoms with Crippen LogP contribution in [0.1, 0.15) is 11.1 Å². The Hall–Kier alpha value is -4.62. The maximum atomic E-state index is 14.1. The Morgan fingerprint density at radius 3 is 2.54 bits per heavy atom. The monoisotopic (exact) mass is 595 g/mol. The predicted molar refractivity (Wildman–Crippen MR) is 152 cm³/mol. The molecule has 0 aliphatic rings. The van der Waals surface area contributed by atoms with Gasteiger partial charge in [0.25, 0.3) is 10.0 Å². The molecule has 9 nitrogen and oxygen atoms in total. The van der Waals surface area contributed by atoms with E-state index in [1.54, 1.807) is 30.5 Å². The largest absolute Gasteiger partial charge is 0.504 e. The molecule has 3 heterocycles. The van der Waals surface area contributed by atoms with E-state index in [9.17, 15) is 22.3 Å². The van der Waals surface area contributed by atoms with E-state index in [1.807, 2.05) is 13.0 Å². The topological polar surface area (TPSA) is 126 Å². The van der Waals surface area contributed by atoms with Gasteiger partial charge in [-0.25, -0.2) is 18.7 Å². The summed E-state index contributed by atoms with van der Waals surface area (Å²) in [5.74, 6) is -1.72. The van der Waals surface area contributed by atoms with Crippen molar-refractivity contribution in [3.8, 4) is 33.3 Å². The van der Waals surface area contributed by atoms with Crippen molar-refractivity contribution in [1.82, 2.24) is 15.0 Å². The number of hydrogen-bond acceptors (Lipinski definition) is 9. The van der Waals surface area contributed by atoms with Gasteiger partial charge in [0.1, 0.15) is 0 Å². The van der Waals surface area contributed by atoms with E-state index in [0.29, 0.717) is 27.6 Å². The molecule has 0 aliphatic carbocycles. The molecule has 210 valence electrons. The van der Waals surface area contributed by atoms with Crippen molar-refractivity contribution in [2.45, 2.75) is 18.5 Å². The van der Waals surface area contributed by atoms with Crippen molar-refractivity contribution in [2.75, 3.05) is 17.1 Å². The number of anilines is 2. The summed E-state index contributed by atoms with van der Waals surface area (Å²) in [5.41, 5.74) is 2.95. The third-order valence-electron chi connectivity index (χ3n) is 6.06. The molecule has 0 saturated heterocycles. The SMILES string of the molecule is COc1cccc(CNc2ccc(S(=O)(=O)Nc3nc(-c4ccc(F)c(F)c4)c(-c4ncccc4C)s3)nc2)c1O. The van der Waals surface area contributed by atoms with Crippen molar-refractivity contribution in [3.05, 3.63) is 95.8 Å². The second kappa shape index (κ2) is 11.5. The van der Waals surface area contributed by atoms with E-state index in [2.05, 4.69) is 25.0 Å². The summed E-state index contributed by atoms with van der Waals surface area (Å²) in [6, 6.07) is 14.9. The second-order valence-corrected chi connectivity index (χ2v) is 11.4. The number of nitrogens with one attached hydrogen (secondary N) is 2. The average molecular weight is 596 g/mol. The predicted octanol–water partition coefficient (Wildman–Crippen LogP) is 5.98. The minimum absolute atomic E-state index is 0.00212. The van der Waals surface area contributed by atoms with Crippen molar-refractivity contribution >= 4 is 32.2 Å². The van der Waals surface area contributed by atoms with Crippen molar-refractivity contribution in [3.63, 3.8) is 0 Å². The quantitative estimate of drug-likeness (QED) is 0.190. The summed E-state index contributed by atoms with van der Waals surface area (Å²) in [6.45, 7) is 2.08. The number of thiazole rings is 1. The van der Waals surface area contributed by atoms with Crippen LogP contribution in [-0.4, -0.2) is 35.6 Å². The van der Waals surface area contributed by atoms with Gasteiger partial charge < -0.3 is 15.2 Å². The number of phenolic OH excluding ortho intramolecular Hbond substituents is 1. The molecule has 41 heavy (non-hydrogen) atoms. The van der Waals surface area contributed by atoms with E-state index in [1.165, 1.54) is 31.5 Å². The van der Waals surface area contributed by atoms with Crippen LogP contribution in [0.4, 0.5) is 19.6 Å². The average Bonchev–Trinajstić information content (AvgIpc) is 3.37. The number of benzene rings is 2. The van der Waals surface area contributed by atoms with Crippen LogP contribution in [0.25, 0.3) is 21.8 Å². The Labute approximate surface area is 238 Å². The fourth-order valence-electron chi connectivity index (χ4n) is 3.97. The number of methoxy groups -OCH3 is 1. The molecule has 0 unspecified atom stereocenters. The van der Waals surface area contributed by atoms with E-state index in [-0.39, 0.29) is 33.7 Å². The Balaban J connectivity index is 1.40. The third kappa shape index (κ3) is 5.95. The number of rotatable bonds is 9. The fraction of sp³-hybridized carbons (Fsp3) is 0.107. The molecule has 0 saturated carbocycles. The van der Waals surface area contributed by atoms with Gasteiger partial charge in [-0.2, -0.15) is 8.42 Å². The number of sulfonamides is 1. The van der Waals surface area contributed by atoms with Gasteiger partial charge in [0.15, 0.2) is 33.3 Å². The van der Waals surface area contributed by atoms with Crippen LogP contribution in [0, 0.1) is 18.6 Å². The molecule has 13 heteroatoms. The molecule has 0 aliphatic heterocycles. The zero-order valence-electron chi connectivity index (χ0n) is 21.7. The molecule has 0 radical (unpaired) electrons. The number of aromatic hydroxyl groups is 1. The van der Waals surface area contributed by atoms with E-state index in [0.717, 1.165) is 29.0 Å². The number of ether oxygens (including phenoxy) is 1. The number of pyridine rings is 2. The lowest BCUT2D eigenvalue weighted by Crippen LogP contribution is -2.14. The van der Waals surface area contributed by atoms with Gasteiger partial charge in [0.05, 0.1) is 35.3 Å². The number of aromatic nitrogens is 3. The molecular formula is C28H23F2N5O4S2. The number of halogens is 2. The Morgan fingerprint density at radius 1 is 1.00 bits per heavy atom. The molecule has 0 amide bonds. The first kappa shape index (κ1) is 27.9. The Kier molecular flexibility index (Phi) is 7.81. The standard InChI is InChI=1S/C28H23F2N5O4S2/c1-16-5-4-12-31-24(16)27-25(17-8-10-20(29)21(30)13-17)34-28(40-27)35-41(37,38)23-11-9-19(15-33-23)32-14-18-6-3-7-22(39-2)26(18)36/h3-13,15,32,36H,14H2,1-2H3,(H,34,35). The summed E-state index contributed by atoms with van der Waals surface area (Å²) in [6.07, 6.45) is 2.93. The van der Waals surface area contributed by atoms with E-state index < -0.39 is 21.7 Å². The van der Waals surface area contributed by atoms with Gasteiger partial charge in [-0.1, -0.05) is 29.5 Å². The third-order valence-corrected chi connectivity index (χ3v) is 8.42. The molecule has 5 rings (SSSR count). The highest BCUT2D eigenvalue weighted by Crippen LogP contribution is 2.40. The highest BCUT2D eigenvalue weighted by atomic mass is 32.2. The van der Waals surface area contributed by atoms with Gasteiger partial charge in [0, 0.05) is 23.9 Å². The zero-order chi connectivity index (χ0) is 29.1. The van der Waals surface area contributed by atoms with Crippen LogP contribution in [-0.2, 0) is 16.6 Å². The highest BCUT2D eigenvalue weighted by molar-refractivity contribution is 7.92. The summed E-state index contributed by atoms with van der Waals surface area (Å²) >= 11 is 1.01. The van der Waals surface area contributed by atoms with Crippen LogP contribution < -0.4 is 14.8 Å². The van der Waals surface area contributed by atoms with Crippen LogP contribution in [0.15, 0.2) is 78.1 Å². The van der Waals surface area contributed by atoms with Crippen molar-refractivity contribution in [1.29, 1.82) is 0 Å². The van der Waals surface area contributed by atoms with Gasteiger partial charge in [-0.05, 0) is 55.0 Å². The fourth-order valence-corrected chi connectivity index (χ4v) is 6.19. The smallest absolute Gasteiger partial charge is 0.281 e. The van der Waals surface area contributed by atoms with Crippen molar-refractivity contribution < 1.29 is 27.0 Å². The van der Waals surface area contributed by atoms with E-state index in [4.69, 9.17) is 4.74 Å². The lowest BCUT2D eigenvalue weighted by Gasteiger charge is -2.11. The normalized spacial score (nSPS) is 11.3. The molecular weight excluding hydrogens is 572 g/mol.